The minimum absolute atomic E-state index is 0.0135. The van der Waals surface area contributed by atoms with Gasteiger partial charge in [0, 0.05) is 29.2 Å². The molecular weight excluding hydrogens is 612 g/mol. The number of hydrogen-bond donors (Lipinski definition) is 4. The highest BCUT2D eigenvalue weighted by Crippen LogP contribution is 2.74. The van der Waals surface area contributed by atoms with E-state index in [1.165, 1.54) is 12.5 Å². The molecule has 2 aromatic heterocycles. The van der Waals surface area contributed by atoms with Crippen molar-refractivity contribution in [1.29, 1.82) is 0 Å². The van der Waals surface area contributed by atoms with Gasteiger partial charge in [-0.1, -0.05) is 39.8 Å². The van der Waals surface area contributed by atoms with Crippen LogP contribution in [0.1, 0.15) is 71.8 Å². The van der Waals surface area contributed by atoms with Crippen LogP contribution in [-0.2, 0) is 14.3 Å². The maximum absolute atomic E-state index is 13.6. The van der Waals surface area contributed by atoms with Crippen LogP contribution in [0.15, 0.2) is 40.7 Å². The fourth-order valence-corrected chi connectivity index (χ4v) is 10.2. The fraction of sp³-hybridized carbons (Fsp3) is 0.571. The van der Waals surface area contributed by atoms with E-state index in [4.69, 9.17) is 21.1 Å². The van der Waals surface area contributed by atoms with Gasteiger partial charge in [0.15, 0.2) is 5.65 Å². The molecule has 0 saturated heterocycles. The lowest BCUT2D eigenvalue weighted by atomic mass is 9.38. The van der Waals surface area contributed by atoms with E-state index >= 15 is 0 Å². The lowest BCUT2D eigenvalue weighted by molar-refractivity contribution is -0.254. The maximum atomic E-state index is 13.6. The van der Waals surface area contributed by atoms with Crippen LogP contribution in [0.3, 0.4) is 0 Å². The number of H-pyrrole nitrogens is 1. The molecule has 5 aliphatic rings. The number of ketones is 1. The highest BCUT2D eigenvalue weighted by atomic mass is 16.5. The molecule has 254 valence electrons. The highest BCUT2D eigenvalue weighted by molar-refractivity contribution is 6.38. The first kappa shape index (κ1) is 32.2. The Hall–Kier alpha value is -4.39. The van der Waals surface area contributed by atoms with E-state index in [0.717, 1.165) is 32.1 Å². The van der Waals surface area contributed by atoms with Crippen LogP contribution in [0.25, 0.3) is 11.2 Å². The number of aliphatic hydroxyl groups is 1. The first-order valence-electron chi connectivity index (χ1n) is 16.9. The largest absolute Gasteiger partial charge is 0.460 e. The zero-order valence-electron chi connectivity index (χ0n) is 27.8. The molecule has 1 spiro atoms. The van der Waals surface area contributed by atoms with Gasteiger partial charge in [-0.3, -0.25) is 14.6 Å². The summed E-state index contributed by atoms with van der Waals surface area (Å²) in [6, 6.07) is 7.01. The lowest BCUT2D eigenvalue weighted by Gasteiger charge is -2.67. The zero-order valence-corrected chi connectivity index (χ0v) is 27.8. The summed E-state index contributed by atoms with van der Waals surface area (Å²) in [5.41, 5.74) is 6.57. The number of aromatic nitrogens is 4. The number of aliphatic hydroxyl groups excluding tert-OH is 1. The Morgan fingerprint density at radius 2 is 2.06 bits per heavy atom. The van der Waals surface area contributed by atoms with Gasteiger partial charge in [0.05, 0.1) is 18.6 Å². The van der Waals surface area contributed by atoms with Gasteiger partial charge in [0.25, 0.3) is 5.88 Å². The van der Waals surface area contributed by atoms with Gasteiger partial charge in [0.1, 0.15) is 35.4 Å². The van der Waals surface area contributed by atoms with Gasteiger partial charge in [-0.15, -0.1) is 0 Å². The van der Waals surface area contributed by atoms with Crippen LogP contribution < -0.4 is 16.3 Å². The molecule has 4 bridgehead atoms. The molecule has 5 saturated carbocycles. The summed E-state index contributed by atoms with van der Waals surface area (Å²) in [6.45, 7) is 8.36. The molecule has 0 radical (unpaired) electrons. The Morgan fingerprint density at radius 1 is 1.25 bits per heavy atom. The number of ether oxygens (including phenoxy) is 2. The molecule has 2 unspecified atom stereocenters. The van der Waals surface area contributed by atoms with Gasteiger partial charge < -0.3 is 31.1 Å². The van der Waals surface area contributed by atoms with Gasteiger partial charge in [0.2, 0.25) is 5.95 Å². The number of imidazole rings is 1. The first-order chi connectivity index (χ1) is 22.9. The third-order valence-electron chi connectivity index (χ3n) is 12.6. The van der Waals surface area contributed by atoms with Crippen LogP contribution in [0.4, 0.5) is 5.95 Å². The second-order valence-electron chi connectivity index (χ2n) is 14.8. The normalized spacial score (nSPS) is 35.9. The number of rotatable bonds is 8. The van der Waals surface area contributed by atoms with E-state index in [-0.39, 0.29) is 58.7 Å². The van der Waals surface area contributed by atoms with Crippen molar-refractivity contribution in [1.82, 2.24) is 19.9 Å². The third-order valence-corrected chi connectivity index (χ3v) is 12.6. The molecule has 9 atom stereocenters. The minimum Gasteiger partial charge on any atom is -0.460 e. The smallest absolute Gasteiger partial charge is 0.327 e. The molecule has 3 aromatic rings. The summed E-state index contributed by atoms with van der Waals surface area (Å²) in [5.74, 6) is 6.33. The molecule has 8 rings (SSSR count). The molecule has 6 N–H and O–H groups in total. The van der Waals surface area contributed by atoms with Gasteiger partial charge in [-0.2, -0.15) is 15.1 Å². The quantitative estimate of drug-likeness (QED) is 0.118. The number of hydrazone groups is 1. The van der Waals surface area contributed by atoms with Gasteiger partial charge in [-0.05, 0) is 66.9 Å². The molecule has 1 aromatic carbocycles. The van der Waals surface area contributed by atoms with Gasteiger partial charge >= 0.3 is 5.97 Å². The molecule has 0 aliphatic heterocycles. The molecule has 5 aliphatic carbocycles. The number of hydrogen-bond acceptors (Lipinski definition) is 12. The number of aliphatic imine (C=N–C) groups is 1. The Balaban J connectivity index is 1.08. The molecule has 2 heterocycles. The monoisotopic (exact) mass is 656 g/mol. The predicted octanol–water partition coefficient (Wildman–Crippen LogP) is 4.20. The number of nitrogens with zero attached hydrogens (tertiary/aromatic N) is 5. The second kappa shape index (κ2) is 11.6. The topological polar surface area (TPSA) is 204 Å². The van der Waals surface area contributed by atoms with E-state index in [0.29, 0.717) is 34.6 Å². The van der Waals surface area contributed by atoms with Crippen molar-refractivity contribution in [3.8, 4) is 11.6 Å². The summed E-state index contributed by atoms with van der Waals surface area (Å²) in [6.07, 6.45) is 6.79. The summed E-state index contributed by atoms with van der Waals surface area (Å²) >= 11 is 0. The van der Waals surface area contributed by atoms with E-state index in [1.54, 1.807) is 24.3 Å². The zero-order chi connectivity index (χ0) is 34.0. The Kier molecular flexibility index (Phi) is 7.80. The number of benzene rings is 1. The number of nitrogen functional groups attached to an aromatic ring is 1. The van der Waals surface area contributed by atoms with E-state index in [2.05, 4.69) is 57.7 Å². The first-order valence-corrected chi connectivity index (χ1v) is 16.9. The number of fused-ring (bicyclic) bond motifs is 5. The summed E-state index contributed by atoms with van der Waals surface area (Å²) < 4.78 is 12.3. The highest BCUT2D eigenvalue weighted by Gasteiger charge is 2.75. The number of nitrogens with two attached hydrogens (primary N) is 2. The second-order valence-corrected chi connectivity index (χ2v) is 14.8. The van der Waals surface area contributed by atoms with Crippen molar-refractivity contribution in [3.05, 3.63) is 36.2 Å². The molecule has 13 nitrogen and oxygen atoms in total. The van der Waals surface area contributed by atoms with E-state index in [9.17, 15) is 14.7 Å². The van der Waals surface area contributed by atoms with E-state index < -0.39 is 23.6 Å². The number of Topliss-reactive ketones (excluding diaryl/α,β-unsaturated/α-hetero) is 1. The maximum Gasteiger partial charge on any atom is 0.327 e. The standard InChI is InChI=1S/C35H44N8O5/c1-5-33(3)14-21-22-9-11-35(18(2)28(33)46)12-10-24(44)27(35)34(22,4)29(21)48-25(45)16-38-15-23(43-37)19-7-6-8-20(13-19)47-31-26-30(40-17-39-26)41-32(36)42-31/h6-8,13,15,17-18,21-22,27-29,46H,5,9-12,14,16,37H2,1-4H3,(H3,36,39,40,41,42)/t18-,21?,22?,27-,28-,29+,33+,34+,35-/m0/s1. The molecule has 13 heteroatoms. The molecular formula is C35H44N8O5. The van der Waals surface area contributed by atoms with Crippen molar-refractivity contribution in [2.75, 3.05) is 12.3 Å². The number of carbonyl (C=O) groups excluding carboxylic acids is 2. The summed E-state index contributed by atoms with van der Waals surface area (Å²) in [5, 5.41) is 15.7. The molecule has 0 amide bonds. The SMILES string of the molecule is CC[C@]1(C)CC2C3CC[C@]4(CCC(=O)[C@H]4[C@]3(C)[C@@H]2OC(=O)CN=CC(=NN)c2cccc(Oc3nc(N)nc4nc[nH]c34)c2)[C@@H](C)[C@@H]1O. The van der Waals surface area contributed by atoms with Crippen molar-refractivity contribution in [2.24, 2.45) is 55.9 Å². The minimum atomic E-state index is -0.526. The van der Waals surface area contributed by atoms with E-state index in [1.807, 2.05) is 0 Å². The summed E-state index contributed by atoms with van der Waals surface area (Å²) in [7, 11) is 0. The van der Waals surface area contributed by atoms with Crippen molar-refractivity contribution in [3.63, 3.8) is 0 Å². The number of aromatic amines is 1. The van der Waals surface area contributed by atoms with Crippen LogP contribution in [0, 0.1) is 39.9 Å². The Morgan fingerprint density at radius 3 is 2.83 bits per heavy atom. The lowest BCUT2D eigenvalue weighted by Crippen LogP contribution is -2.69. The Labute approximate surface area is 279 Å². The fourth-order valence-electron chi connectivity index (χ4n) is 10.2. The third kappa shape index (κ3) is 4.80. The number of anilines is 1. The van der Waals surface area contributed by atoms with Crippen molar-refractivity contribution >= 4 is 40.8 Å². The van der Waals surface area contributed by atoms with Crippen LogP contribution >= 0.6 is 0 Å². The molecule has 5 fully saturated rings. The van der Waals surface area contributed by atoms with Crippen LogP contribution in [-0.4, -0.2) is 67.5 Å². The van der Waals surface area contributed by atoms with Crippen LogP contribution in [0.2, 0.25) is 0 Å². The van der Waals surface area contributed by atoms with Crippen molar-refractivity contribution < 1.29 is 24.2 Å². The Bertz CT molecular complexity index is 1820. The average molecular weight is 657 g/mol. The summed E-state index contributed by atoms with van der Waals surface area (Å²) in [4.78, 5) is 46.7. The number of nitrogens with one attached hydrogen (secondary N) is 1. The van der Waals surface area contributed by atoms with Gasteiger partial charge in [-0.25, -0.2) is 4.98 Å². The average Bonchev–Trinajstić information content (AvgIpc) is 3.70. The number of carbonyl (C=O) groups is 2. The number of esters is 1. The van der Waals surface area contributed by atoms with Crippen molar-refractivity contribution in [2.45, 2.75) is 78.4 Å². The van der Waals surface area contributed by atoms with Crippen LogP contribution in [0.5, 0.6) is 11.6 Å². The predicted molar refractivity (Wildman–Crippen MR) is 179 cm³/mol. The molecule has 48 heavy (non-hydrogen) atoms.